The number of nitrogens with one attached hydrogen (secondary N) is 2. The predicted molar refractivity (Wildman–Crippen MR) is 190 cm³/mol. The third-order valence-corrected chi connectivity index (χ3v) is 10.1. The molecule has 4 aromatic rings. The number of imide groups is 1. The molecule has 3 aliphatic rings. The van der Waals surface area contributed by atoms with E-state index in [0.29, 0.717) is 59.1 Å². The molecule has 0 fully saturated rings. The normalized spacial score (nSPS) is 16.3. The van der Waals surface area contributed by atoms with E-state index in [9.17, 15) is 14.4 Å². The number of aryl methyl sites for hydroxylation is 2. The molecule has 3 aliphatic heterocycles. The minimum Gasteiger partial charge on any atom is -0.462 e. The number of nitrogens with zero attached hydrogens (tertiary/aromatic N) is 3. The first-order valence-electron chi connectivity index (χ1n) is 17.3. The Morgan fingerprint density at radius 3 is 2.10 bits per heavy atom. The smallest absolute Gasteiger partial charge is 0.340 e. The first-order valence-corrected chi connectivity index (χ1v) is 17.3. The summed E-state index contributed by atoms with van der Waals surface area (Å²) in [7, 11) is 0. The van der Waals surface area contributed by atoms with Crippen molar-refractivity contribution in [2.45, 2.75) is 91.5 Å². The summed E-state index contributed by atoms with van der Waals surface area (Å²) in [5.74, 6) is -1.05. The van der Waals surface area contributed by atoms with Gasteiger partial charge in [0.15, 0.2) is 0 Å². The number of hydrogen-bond acceptors (Lipinski definition) is 6. The summed E-state index contributed by atoms with van der Waals surface area (Å²) in [6, 6.07) is 15.6. The maximum absolute atomic E-state index is 14.6. The molecule has 9 heteroatoms. The van der Waals surface area contributed by atoms with Gasteiger partial charge in [-0.25, -0.2) is 4.79 Å². The summed E-state index contributed by atoms with van der Waals surface area (Å²) in [6.07, 6.45) is 2.32. The van der Waals surface area contributed by atoms with Gasteiger partial charge in [0.2, 0.25) is 0 Å². The van der Waals surface area contributed by atoms with Crippen molar-refractivity contribution in [1.29, 1.82) is 0 Å². The van der Waals surface area contributed by atoms with E-state index in [1.165, 1.54) is 4.90 Å². The monoisotopic (exact) mass is 657 g/mol. The van der Waals surface area contributed by atoms with Gasteiger partial charge >= 0.3 is 5.97 Å². The third kappa shape index (κ3) is 5.36. The molecule has 0 saturated heterocycles. The standard InChI is InChI=1S/C40H43N5O4/c1-8-24-26-17-31-40(6,7)20-29(43-31)34-35-33(36(46)45(37(34)47)21-22-14-12-11-13-15-22)25(9-2)27(44-35)18-30-39(4,5)19-23(41-30)16-28(42-26)32(24)38(48)49-10-3/h11-18,42,44H,8-10,19-21H2,1-7H3. The quantitative estimate of drug-likeness (QED) is 0.164. The van der Waals surface area contributed by atoms with Crippen LogP contribution in [0.1, 0.15) is 119 Å². The number of rotatable bonds is 6. The van der Waals surface area contributed by atoms with Gasteiger partial charge in [0, 0.05) is 51.8 Å². The molecule has 1 aromatic carbocycles. The van der Waals surface area contributed by atoms with Crippen molar-refractivity contribution < 1.29 is 19.1 Å². The van der Waals surface area contributed by atoms with Crippen LogP contribution in [0.5, 0.6) is 0 Å². The molecule has 252 valence electrons. The molecular formula is C40H43N5O4. The topological polar surface area (TPSA) is 121 Å². The lowest BCUT2D eigenvalue weighted by Gasteiger charge is -2.26. The molecule has 0 spiro atoms. The summed E-state index contributed by atoms with van der Waals surface area (Å²) in [6.45, 7) is 14.8. The molecule has 3 aromatic heterocycles. The van der Waals surface area contributed by atoms with E-state index < -0.39 is 5.41 Å². The van der Waals surface area contributed by atoms with Crippen molar-refractivity contribution >= 4 is 39.9 Å². The summed E-state index contributed by atoms with van der Waals surface area (Å²) >= 11 is 0. The molecule has 49 heavy (non-hydrogen) atoms. The van der Waals surface area contributed by atoms with Crippen molar-refractivity contribution in [1.82, 2.24) is 24.8 Å². The number of esters is 1. The van der Waals surface area contributed by atoms with Crippen LogP contribution < -0.4 is 0 Å². The fourth-order valence-corrected chi connectivity index (χ4v) is 7.59. The second-order valence-corrected chi connectivity index (χ2v) is 14.5. The molecule has 0 unspecified atom stereocenters. The number of H-pyrrole nitrogens is 2. The van der Waals surface area contributed by atoms with Crippen LogP contribution in [-0.2, 0) is 47.8 Å². The minimum absolute atomic E-state index is 0.157. The van der Waals surface area contributed by atoms with E-state index >= 15 is 0 Å². The Labute approximate surface area is 286 Å². The zero-order chi connectivity index (χ0) is 34.8. The Balaban J connectivity index is 1.63. The Morgan fingerprint density at radius 1 is 0.796 bits per heavy atom. The summed E-state index contributed by atoms with van der Waals surface area (Å²) in [5.41, 5.74) is 9.08. The molecule has 0 saturated carbocycles. The van der Waals surface area contributed by atoms with Crippen molar-refractivity contribution in [2.75, 3.05) is 6.61 Å². The minimum atomic E-state index is -0.440. The van der Waals surface area contributed by atoms with E-state index in [0.717, 1.165) is 44.8 Å². The first-order chi connectivity index (χ1) is 23.4. The van der Waals surface area contributed by atoms with Crippen LogP contribution in [0.25, 0.3) is 22.1 Å². The molecule has 2 amide bonds. The summed E-state index contributed by atoms with van der Waals surface area (Å²) in [4.78, 5) is 61.0. The Morgan fingerprint density at radius 2 is 1.43 bits per heavy atom. The Hall–Kier alpha value is -5.05. The van der Waals surface area contributed by atoms with Gasteiger partial charge in [-0.15, -0.1) is 0 Å². The largest absolute Gasteiger partial charge is 0.462 e. The fourth-order valence-electron chi connectivity index (χ4n) is 7.59. The number of aromatic nitrogens is 4. The van der Waals surface area contributed by atoms with Gasteiger partial charge in [0.1, 0.15) is 0 Å². The lowest BCUT2D eigenvalue weighted by atomic mass is 9.85. The maximum Gasteiger partial charge on any atom is 0.340 e. The third-order valence-electron chi connectivity index (χ3n) is 10.1. The molecule has 0 atom stereocenters. The molecule has 0 aliphatic carbocycles. The van der Waals surface area contributed by atoms with Crippen LogP contribution in [0.15, 0.2) is 48.5 Å². The van der Waals surface area contributed by atoms with Crippen molar-refractivity contribution in [3.63, 3.8) is 0 Å². The molecular weight excluding hydrogens is 614 g/mol. The second kappa shape index (κ2) is 11.8. The van der Waals surface area contributed by atoms with Gasteiger partial charge in [-0.2, -0.15) is 0 Å². The molecule has 7 rings (SSSR count). The number of ether oxygens (including phenoxy) is 1. The van der Waals surface area contributed by atoms with Crippen molar-refractivity contribution in [3.05, 3.63) is 105 Å². The second-order valence-electron chi connectivity index (χ2n) is 14.5. The Bertz CT molecular complexity index is 2210. The van der Waals surface area contributed by atoms with Crippen LogP contribution in [-0.4, -0.2) is 49.2 Å². The number of hydrogen-bond donors (Lipinski definition) is 2. The highest BCUT2D eigenvalue weighted by molar-refractivity contribution is 6.23. The molecule has 8 bridgehead atoms. The van der Waals surface area contributed by atoms with E-state index in [4.69, 9.17) is 14.7 Å². The summed E-state index contributed by atoms with van der Waals surface area (Å²) < 4.78 is 5.55. The van der Waals surface area contributed by atoms with Crippen molar-refractivity contribution in [2.24, 2.45) is 0 Å². The van der Waals surface area contributed by atoms with E-state index in [-0.39, 0.29) is 36.4 Å². The zero-order valence-electron chi connectivity index (χ0n) is 29.3. The van der Waals surface area contributed by atoms with Crippen LogP contribution in [0.4, 0.5) is 0 Å². The molecule has 9 nitrogen and oxygen atoms in total. The van der Waals surface area contributed by atoms with Gasteiger partial charge in [-0.3, -0.25) is 24.5 Å². The summed E-state index contributed by atoms with van der Waals surface area (Å²) in [5, 5.41) is 0. The van der Waals surface area contributed by atoms with Gasteiger partial charge in [-0.05, 0) is 54.7 Å². The van der Waals surface area contributed by atoms with Gasteiger partial charge in [0.05, 0.1) is 46.6 Å². The number of carbonyl (C=O) groups is 3. The fraction of sp³-hybridized carbons (Fsp3) is 0.375. The van der Waals surface area contributed by atoms with E-state index in [2.05, 4.69) is 37.7 Å². The highest BCUT2D eigenvalue weighted by Crippen LogP contribution is 2.39. The number of amides is 2. The average Bonchev–Trinajstić information content (AvgIpc) is 3.75. The highest BCUT2D eigenvalue weighted by Gasteiger charge is 2.40. The SMILES string of the molecule is CCOC(=O)c1c(CC)c2cc3nc(c4c5[nH]c(cc6nc(cc1[nH]2)CC6(C)C)c(CC)c5C(=O)N(Cc1ccccc1)C4=O)CC3(C)C. The first kappa shape index (κ1) is 32.5. The number of fused-ring (bicyclic) bond motifs is 8. The van der Waals surface area contributed by atoms with Crippen LogP contribution in [0, 0.1) is 0 Å². The number of benzene rings is 1. The maximum atomic E-state index is 14.6. The molecule has 6 heterocycles. The highest BCUT2D eigenvalue weighted by atomic mass is 16.5. The zero-order valence-corrected chi connectivity index (χ0v) is 29.3. The van der Waals surface area contributed by atoms with E-state index in [1.807, 2.05) is 69.3 Å². The van der Waals surface area contributed by atoms with Crippen molar-refractivity contribution in [3.8, 4) is 0 Å². The average molecular weight is 658 g/mol. The van der Waals surface area contributed by atoms with E-state index in [1.54, 1.807) is 0 Å². The van der Waals surface area contributed by atoms with Crippen LogP contribution in [0.3, 0.4) is 0 Å². The lowest BCUT2D eigenvalue weighted by molar-refractivity contribution is 0.0525. The van der Waals surface area contributed by atoms with Gasteiger partial charge in [0.25, 0.3) is 11.8 Å². The molecule has 2 N–H and O–H groups in total. The van der Waals surface area contributed by atoms with Crippen LogP contribution >= 0.6 is 0 Å². The van der Waals surface area contributed by atoms with Gasteiger partial charge < -0.3 is 14.7 Å². The predicted octanol–water partition coefficient (Wildman–Crippen LogP) is 7.45. The van der Waals surface area contributed by atoms with Crippen LogP contribution in [0.2, 0.25) is 0 Å². The van der Waals surface area contributed by atoms with Gasteiger partial charge in [-0.1, -0.05) is 71.9 Å². The number of aromatic amines is 2. The molecule has 0 radical (unpaired) electrons. The lowest BCUT2D eigenvalue weighted by Crippen LogP contribution is -2.40. The Kier molecular flexibility index (Phi) is 7.84. The number of carbonyl (C=O) groups excluding carboxylic acids is 3.